The standard InChI is InChI=1S/C14H14BrFN2O/c1-18(8-10-4-2-3-5-12(10)15)14-13(16)11(9-19)6-7-17-14/h2-7,19H,8-9H2,1H3. The van der Waals surface area contributed by atoms with E-state index in [1.54, 1.807) is 11.9 Å². The minimum atomic E-state index is -0.473. The molecule has 0 amide bonds. The SMILES string of the molecule is CN(Cc1ccccc1Br)c1nccc(CO)c1F. The zero-order valence-corrected chi connectivity index (χ0v) is 12.1. The van der Waals surface area contributed by atoms with Crippen LogP contribution >= 0.6 is 15.9 Å². The smallest absolute Gasteiger partial charge is 0.171 e. The number of hydrogen-bond acceptors (Lipinski definition) is 3. The van der Waals surface area contributed by atoms with Crippen molar-refractivity contribution in [2.24, 2.45) is 0 Å². The molecule has 1 aromatic carbocycles. The molecule has 0 atom stereocenters. The second-order valence-electron chi connectivity index (χ2n) is 4.21. The van der Waals surface area contributed by atoms with Crippen LogP contribution in [0.2, 0.25) is 0 Å². The van der Waals surface area contributed by atoms with Gasteiger partial charge in [-0.05, 0) is 17.7 Å². The molecule has 0 saturated carbocycles. The Morgan fingerprint density at radius 3 is 2.68 bits per heavy atom. The van der Waals surface area contributed by atoms with Crippen molar-refractivity contribution in [1.29, 1.82) is 0 Å². The summed E-state index contributed by atoms with van der Waals surface area (Å²) in [7, 11) is 1.77. The van der Waals surface area contributed by atoms with Gasteiger partial charge in [-0.15, -0.1) is 0 Å². The van der Waals surface area contributed by atoms with E-state index in [1.807, 2.05) is 24.3 Å². The summed E-state index contributed by atoms with van der Waals surface area (Å²) in [5, 5.41) is 9.06. The molecular formula is C14H14BrFN2O. The molecule has 3 nitrogen and oxygen atoms in total. The average molecular weight is 325 g/mol. The maximum atomic E-state index is 14.1. The van der Waals surface area contributed by atoms with E-state index >= 15 is 0 Å². The van der Waals surface area contributed by atoms with Crippen LogP contribution in [0.15, 0.2) is 41.0 Å². The second kappa shape index (κ2) is 6.12. The molecule has 1 N–H and O–H groups in total. The van der Waals surface area contributed by atoms with Crippen LogP contribution in [-0.2, 0) is 13.2 Å². The molecule has 0 aliphatic carbocycles. The highest BCUT2D eigenvalue weighted by Gasteiger charge is 2.13. The molecule has 100 valence electrons. The molecule has 1 heterocycles. The van der Waals surface area contributed by atoms with Gasteiger partial charge in [0, 0.05) is 29.8 Å². The van der Waals surface area contributed by atoms with Crippen LogP contribution in [0, 0.1) is 5.82 Å². The summed E-state index contributed by atoms with van der Waals surface area (Å²) in [5.41, 5.74) is 1.30. The fourth-order valence-corrected chi connectivity index (χ4v) is 2.23. The molecule has 0 unspecified atom stereocenters. The molecule has 0 spiro atoms. The monoisotopic (exact) mass is 324 g/mol. The number of benzene rings is 1. The maximum absolute atomic E-state index is 14.1. The predicted molar refractivity (Wildman–Crippen MR) is 76.4 cm³/mol. The van der Waals surface area contributed by atoms with Gasteiger partial charge in [0.05, 0.1) is 6.61 Å². The van der Waals surface area contributed by atoms with Gasteiger partial charge in [0.1, 0.15) is 0 Å². The van der Waals surface area contributed by atoms with E-state index in [9.17, 15) is 4.39 Å². The molecule has 0 aliphatic rings. The van der Waals surface area contributed by atoms with Gasteiger partial charge in [-0.25, -0.2) is 9.37 Å². The highest BCUT2D eigenvalue weighted by Crippen LogP contribution is 2.23. The number of hydrogen-bond donors (Lipinski definition) is 1. The summed E-state index contributed by atoms with van der Waals surface area (Å²) in [6, 6.07) is 9.25. The molecule has 2 rings (SSSR count). The summed E-state index contributed by atoms with van der Waals surface area (Å²) >= 11 is 3.46. The number of aromatic nitrogens is 1. The van der Waals surface area contributed by atoms with Crippen LogP contribution in [0.25, 0.3) is 0 Å². The largest absolute Gasteiger partial charge is 0.392 e. The fourth-order valence-electron chi connectivity index (χ4n) is 1.82. The molecular weight excluding hydrogens is 311 g/mol. The third kappa shape index (κ3) is 3.11. The maximum Gasteiger partial charge on any atom is 0.171 e. The lowest BCUT2D eigenvalue weighted by molar-refractivity contribution is 0.275. The van der Waals surface area contributed by atoms with Gasteiger partial charge in [-0.2, -0.15) is 0 Å². The minimum Gasteiger partial charge on any atom is -0.392 e. The second-order valence-corrected chi connectivity index (χ2v) is 5.07. The summed E-state index contributed by atoms with van der Waals surface area (Å²) < 4.78 is 15.0. The number of pyridine rings is 1. The van der Waals surface area contributed by atoms with Crippen molar-refractivity contribution >= 4 is 21.7 Å². The van der Waals surface area contributed by atoms with Crippen LogP contribution < -0.4 is 4.90 Å². The number of anilines is 1. The Morgan fingerprint density at radius 2 is 2.00 bits per heavy atom. The van der Waals surface area contributed by atoms with Crippen LogP contribution in [0.5, 0.6) is 0 Å². The number of aliphatic hydroxyl groups excluding tert-OH is 1. The average Bonchev–Trinajstić information content (AvgIpc) is 2.41. The third-order valence-electron chi connectivity index (χ3n) is 2.85. The van der Waals surface area contributed by atoms with E-state index in [2.05, 4.69) is 20.9 Å². The summed E-state index contributed by atoms with van der Waals surface area (Å²) in [5.74, 6) is -0.234. The van der Waals surface area contributed by atoms with Crippen molar-refractivity contribution < 1.29 is 9.50 Å². The zero-order valence-electron chi connectivity index (χ0n) is 10.5. The normalized spacial score (nSPS) is 10.5. The Hall–Kier alpha value is -1.46. The molecule has 0 radical (unpaired) electrons. The Labute approximate surface area is 119 Å². The van der Waals surface area contributed by atoms with E-state index in [0.717, 1.165) is 10.0 Å². The fraction of sp³-hybridized carbons (Fsp3) is 0.214. The van der Waals surface area contributed by atoms with Crippen molar-refractivity contribution in [3.8, 4) is 0 Å². The number of halogens is 2. The van der Waals surface area contributed by atoms with Gasteiger partial charge >= 0.3 is 0 Å². The summed E-state index contributed by atoms with van der Waals surface area (Å²) in [6.45, 7) is 0.199. The summed E-state index contributed by atoms with van der Waals surface area (Å²) in [4.78, 5) is 5.75. The van der Waals surface area contributed by atoms with E-state index in [4.69, 9.17) is 5.11 Å². The van der Waals surface area contributed by atoms with Gasteiger partial charge in [-0.3, -0.25) is 0 Å². The molecule has 2 aromatic rings. The minimum absolute atomic E-state index is 0.238. The molecule has 0 aliphatic heterocycles. The van der Waals surface area contributed by atoms with Gasteiger partial charge in [-0.1, -0.05) is 34.1 Å². The van der Waals surface area contributed by atoms with E-state index < -0.39 is 5.82 Å². The van der Waals surface area contributed by atoms with Crippen molar-refractivity contribution in [1.82, 2.24) is 4.98 Å². The summed E-state index contributed by atoms with van der Waals surface area (Å²) in [6.07, 6.45) is 1.50. The number of rotatable bonds is 4. The third-order valence-corrected chi connectivity index (χ3v) is 3.62. The lowest BCUT2D eigenvalue weighted by atomic mass is 10.2. The van der Waals surface area contributed by atoms with Gasteiger partial charge in [0.15, 0.2) is 11.6 Å². The van der Waals surface area contributed by atoms with Crippen molar-refractivity contribution in [2.45, 2.75) is 13.2 Å². The lowest BCUT2D eigenvalue weighted by Gasteiger charge is -2.20. The molecule has 5 heteroatoms. The van der Waals surface area contributed by atoms with Crippen LogP contribution in [-0.4, -0.2) is 17.1 Å². The highest BCUT2D eigenvalue weighted by molar-refractivity contribution is 9.10. The zero-order chi connectivity index (χ0) is 13.8. The molecule has 1 aromatic heterocycles. The van der Waals surface area contributed by atoms with Crippen LogP contribution in [0.4, 0.5) is 10.2 Å². The molecule has 0 bridgehead atoms. The Bertz CT molecular complexity index is 577. The topological polar surface area (TPSA) is 36.4 Å². The van der Waals surface area contributed by atoms with Crippen molar-refractivity contribution in [2.75, 3.05) is 11.9 Å². The molecule has 19 heavy (non-hydrogen) atoms. The Balaban J connectivity index is 2.26. The van der Waals surface area contributed by atoms with Gasteiger partial charge < -0.3 is 10.0 Å². The van der Waals surface area contributed by atoms with Crippen LogP contribution in [0.1, 0.15) is 11.1 Å². The first kappa shape index (κ1) is 14.0. The first-order chi connectivity index (χ1) is 9.13. The number of nitrogens with zero attached hydrogens (tertiary/aromatic N) is 2. The van der Waals surface area contributed by atoms with E-state index in [-0.39, 0.29) is 18.0 Å². The van der Waals surface area contributed by atoms with Gasteiger partial charge in [0.25, 0.3) is 0 Å². The van der Waals surface area contributed by atoms with E-state index in [0.29, 0.717) is 6.54 Å². The first-order valence-electron chi connectivity index (χ1n) is 5.82. The predicted octanol–water partition coefficient (Wildman–Crippen LogP) is 3.11. The molecule has 0 fully saturated rings. The Morgan fingerprint density at radius 1 is 1.26 bits per heavy atom. The quantitative estimate of drug-likeness (QED) is 0.938. The van der Waals surface area contributed by atoms with Gasteiger partial charge in [0.2, 0.25) is 0 Å². The lowest BCUT2D eigenvalue weighted by Crippen LogP contribution is -2.20. The first-order valence-corrected chi connectivity index (χ1v) is 6.61. The van der Waals surface area contributed by atoms with E-state index in [1.165, 1.54) is 12.3 Å². The van der Waals surface area contributed by atoms with Crippen molar-refractivity contribution in [3.05, 3.63) is 57.9 Å². The highest BCUT2D eigenvalue weighted by atomic mass is 79.9. The number of aliphatic hydroxyl groups is 1. The Kier molecular flexibility index (Phi) is 4.50. The van der Waals surface area contributed by atoms with Crippen molar-refractivity contribution in [3.63, 3.8) is 0 Å². The van der Waals surface area contributed by atoms with Crippen LogP contribution in [0.3, 0.4) is 0 Å². The molecule has 0 saturated heterocycles.